The third-order valence-electron chi connectivity index (χ3n) is 2.15. The van der Waals surface area contributed by atoms with Gasteiger partial charge in [0.2, 0.25) is 0 Å². The molecule has 0 atom stereocenters. The predicted molar refractivity (Wildman–Crippen MR) is 54.4 cm³/mol. The lowest BCUT2D eigenvalue weighted by molar-refractivity contribution is 0.0909. The zero-order valence-corrected chi connectivity index (χ0v) is 9.20. The molecule has 0 saturated carbocycles. The summed E-state index contributed by atoms with van der Waals surface area (Å²) >= 11 is 0. The van der Waals surface area contributed by atoms with E-state index >= 15 is 0 Å². The first-order valence-corrected chi connectivity index (χ1v) is 4.76. The molecule has 0 radical (unpaired) electrons. The first-order valence-electron chi connectivity index (χ1n) is 4.76. The van der Waals surface area contributed by atoms with Gasteiger partial charge >= 0.3 is 0 Å². The molecule has 84 valence electrons. The van der Waals surface area contributed by atoms with Gasteiger partial charge in [-0.3, -0.25) is 4.79 Å². The molecule has 1 rings (SSSR count). The van der Waals surface area contributed by atoms with Crippen LogP contribution in [0.2, 0.25) is 0 Å². The van der Waals surface area contributed by atoms with Crippen LogP contribution in [0.1, 0.15) is 30.0 Å². The molecular weight excluding hydrogens is 196 g/mol. The van der Waals surface area contributed by atoms with Gasteiger partial charge in [0.1, 0.15) is 11.3 Å². The van der Waals surface area contributed by atoms with E-state index in [4.69, 9.17) is 9.63 Å². The minimum atomic E-state index is -0.319. The van der Waals surface area contributed by atoms with Gasteiger partial charge in [-0.2, -0.15) is 0 Å². The Morgan fingerprint density at radius 2 is 2.33 bits per heavy atom. The molecule has 0 spiro atoms. The Morgan fingerprint density at radius 3 is 2.80 bits per heavy atom. The number of hydrogen-bond donors (Lipinski definition) is 2. The van der Waals surface area contributed by atoms with E-state index in [-0.39, 0.29) is 17.9 Å². The van der Waals surface area contributed by atoms with Gasteiger partial charge in [-0.25, -0.2) is 0 Å². The molecule has 15 heavy (non-hydrogen) atoms. The van der Waals surface area contributed by atoms with Gasteiger partial charge in [0.15, 0.2) is 0 Å². The summed E-state index contributed by atoms with van der Waals surface area (Å²) in [6.07, 6.45) is 1.39. The van der Waals surface area contributed by atoms with Crippen LogP contribution in [-0.4, -0.2) is 29.3 Å². The smallest absolute Gasteiger partial charge is 0.256 e. The van der Waals surface area contributed by atoms with E-state index in [1.807, 2.05) is 13.8 Å². The monoisotopic (exact) mass is 212 g/mol. The second-order valence-electron chi connectivity index (χ2n) is 4.30. The number of hydrogen-bond acceptors (Lipinski definition) is 4. The van der Waals surface area contributed by atoms with Crippen LogP contribution in [0, 0.1) is 12.3 Å². The number of aliphatic hydroxyl groups excluding tert-OH is 1. The molecule has 0 fully saturated rings. The van der Waals surface area contributed by atoms with Crippen molar-refractivity contribution in [2.24, 2.45) is 5.41 Å². The molecule has 0 saturated heterocycles. The molecule has 1 aromatic rings. The van der Waals surface area contributed by atoms with Crippen LogP contribution in [0.5, 0.6) is 0 Å². The largest absolute Gasteiger partial charge is 0.396 e. The maximum absolute atomic E-state index is 11.6. The standard InChI is InChI=1S/C10H16N2O3/c1-7-8(4-12-15-7)9(14)11-5-10(2,3)6-13/h4,13H,5-6H2,1-3H3,(H,11,14). The molecule has 0 aliphatic carbocycles. The Balaban J connectivity index is 2.55. The summed E-state index contributed by atoms with van der Waals surface area (Å²) < 4.78 is 4.78. The molecule has 1 amide bonds. The predicted octanol–water partition coefficient (Wildman–Crippen LogP) is 0.731. The third-order valence-corrected chi connectivity index (χ3v) is 2.15. The zero-order chi connectivity index (χ0) is 11.5. The molecule has 2 N–H and O–H groups in total. The number of aliphatic hydroxyl groups is 1. The second kappa shape index (κ2) is 4.44. The van der Waals surface area contributed by atoms with Crippen molar-refractivity contribution >= 4 is 5.91 Å². The highest BCUT2D eigenvalue weighted by atomic mass is 16.5. The van der Waals surface area contributed by atoms with Gasteiger partial charge in [-0.1, -0.05) is 19.0 Å². The van der Waals surface area contributed by atoms with Crippen LogP contribution in [0.3, 0.4) is 0 Å². The topological polar surface area (TPSA) is 75.4 Å². The molecule has 0 aliphatic rings. The van der Waals surface area contributed by atoms with Gasteiger partial charge in [-0.15, -0.1) is 0 Å². The number of aryl methyl sites for hydroxylation is 1. The summed E-state index contributed by atoms with van der Waals surface area (Å²) in [5, 5.41) is 15.3. The fourth-order valence-electron chi connectivity index (χ4n) is 0.987. The van der Waals surface area contributed by atoms with Crippen LogP contribution >= 0.6 is 0 Å². The van der Waals surface area contributed by atoms with Crippen molar-refractivity contribution in [3.05, 3.63) is 17.5 Å². The number of carbonyl (C=O) groups is 1. The van der Waals surface area contributed by atoms with Gasteiger partial charge < -0.3 is 14.9 Å². The van der Waals surface area contributed by atoms with E-state index < -0.39 is 0 Å². The third kappa shape index (κ3) is 3.06. The van der Waals surface area contributed by atoms with Gasteiger partial charge in [-0.05, 0) is 6.92 Å². The highest BCUT2D eigenvalue weighted by Crippen LogP contribution is 2.12. The fraction of sp³-hybridized carbons (Fsp3) is 0.600. The Labute approximate surface area is 88.5 Å². The average molecular weight is 212 g/mol. The van der Waals surface area contributed by atoms with Crippen LogP contribution in [0.15, 0.2) is 10.7 Å². The fourth-order valence-corrected chi connectivity index (χ4v) is 0.987. The molecule has 0 aromatic carbocycles. The van der Waals surface area contributed by atoms with Gasteiger partial charge in [0.25, 0.3) is 5.91 Å². The number of rotatable bonds is 4. The molecule has 0 bridgehead atoms. The van der Waals surface area contributed by atoms with Crippen molar-refractivity contribution in [2.75, 3.05) is 13.2 Å². The maximum Gasteiger partial charge on any atom is 0.256 e. The van der Waals surface area contributed by atoms with E-state index in [1.165, 1.54) is 6.20 Å². The molecule has 0 aliphatic heterocycles. The Kier molecular flexibility index (Phi) is 3.47. The lowest BCUT2D eigenvalue weighted by Crippen LogP contribution is -2.36. The van der Waals surface area contributed by atoms with Crippen molar-refractivity contribution in [1.29, 1.82) is 0 Å². The van der Waals surface area contributed by atoms with Crippen molar-refractivity contribution < 1.29 is 14.4 Å². The summed E-state index contributed by atoms with van der Waals surface area (Å²) in [5.74, 6) is 0.268. The maximum atomic E-state index is 11.6. The summed E-state index contributed by atoms with van der Waals surface area (Å²) in [7, 11) is 0. The van der Waals surface area contributed by atoms with Crippen molar-refractivity contribution in [3.8, 4) is 0 Å². The van der Waals surface area contributed by atoms with Gasteiger partial charge in [0, 0.05) is 18.6 Å². The Hall–Kier alpha value is -1.36. The molecule has 0 unspecified atom stereocenters. The Morgan fingerprint density at radius 1 is 1.67 bits per heavy atom. The average Bonchev–Trinajstić information content (AvgIpc) is 2.61. The number of amides is 1. The minimum absolute atomic E-state index is 0.0237. The highest BCUT2D eigenvalue weighted by molar-refractivity contribution is 5.94. The SMILES string of the molecule is Cc1oncc1C(=O)NCC(C)(C)CO. The number of carbonyl (C=O) groups excluding carboxylic acids is 1. The van der Waals surface area contributed by atoms with E-state index in [1.54, 1.807) is 6.92 Å². The highest BCUT2D eigenvalue weighted by Gasteiger charge is 2.19. The lowest BCUT2D eigenvalue weighted by Gasteiger charge is -2.21. The summed E-state index contributed by atoms with van der Waals surface area (Å²) in [4.78, 5) is 11.6. The molecular formula is C10H16N2O3. The van der Waals surface area contributed by atoms with E-state index in [0.717, 1.165) is 0 Å². The first-order chi connectivity index (χ1) is 6.96. The molecule has 5 heteroatoms. The van der Waals surface area contributed by atoms with Gasteiger partial charge in [0.05, 0.1) is 6.20 Å². The zero-order valence-electron chi connectivity index (χ0n) is 9.20. The quantitative estimate of drug-likeness (QED) is 0.771. The van der Waals surface area contributed by atoms with Crippen LogP contribution in [-0.2, 0) is 0 Å². The number of nitrogens with zero attached hydrogens (tertiary/aromatic N) is 1. The van der Waals surface area contributed by atoms with Crippen molar-refractivity contribution in [2.45, 2.75) is 20.8 Å². The molecule has 1 heterocycles. The van der Waals surface area contributed by atoms with Crippen LogP contribution in [0.4, 0.5) is 0 Å². The molecule has 5 nitrogen and oxygen atoms in total. The second-order valence-corrected chi connectivity index (χ2v) is 4.30. The van der Waals surface area contributed by atoms with Crippen molar-refractivity contribution in [3.63, 3.8) is 0 Å². The molecule has 1 aromatic heterocycles. The lowest BCUT2D eigenvalue weighted by atomic mass is 9.95. The Bertz CT molecular complexity index is 344. The van der Waals surface area contributed by atoms with Crippen LogP contribution in [0.25, 0.3) is 0 Å². The minimum Gasteiger partial charge on any atom is -0.396 e. The number of nitrogens with one attached hydrogen (secondary N) is 1. The normalized spacial score (nSPS) is 11.5. The van der Waals surface area contributed by atoms with E-state index in [0.29, 0.717) is 17.9 Å². The summed E-state index contributed by atoms with van der Waals surface area (Å²) in [6, 6.07) is 0. The summed E-state index contributed by atoms with van der Waals surface area (Å²) in [6.45, 7) is 5.85. The first kappa shape index (κ1) is 11.7. The summed E-state index contributed by atoms with van der Waals surface area (Å²) in [5.41, 5.74) is 0.115. The number of aromatic nitrogens is 1. The van der Waals surface area contributed by atoms with Crippen LogP contribution < -0.4 is 5.32 Å². The van der Waals surface area contributed by atoms with Crippen molar-refractivity contribution in [1.82, 2.24) is 10.5 Å². The van der Waals surface area contributed by atoms with E-state index in [9.17, 15) is 4.79 Å². The van der Waals surface area contributed by atoms with E-state index in [2.05, 4.69) is 10.5 Å².